The number of pyridine rings is 1. The quantitative estimate of drug-likeness (QED) is 0.464. The van der Waals surface area contributed by atoms with Crippen molar-refractivity contribution in [3.8, 4) is 11.1 Å². The molecule has 0 aliphatic heterocycles. The fourth-order valence-corrected chi connectivity index (χ4v) is 2.62. The van der Waals surface area contributed by atoms with Gasteiger partial charge in [-0.1, -0.05) is 24.3 Å². The maximum atomic E-state index is 13.7. The van der Waals surface area contributed by atoms with Crippen molar-refractivity contribution < 1.29 is 22.4 Å². The van der Waals surface area contributed by atoms with E-state index in [1.54, 1.807) is 0 Å². The summed E-state index contributed by atoms with van der Waals surface area (Å²) in [6.45, 7) is 6.91. The molecule has 140 valence electrons. The number of rotatable bonds is 3. The van der Waals surface area contributed by atoms with Gasteiger partial charge >= 0.3 is 6.18 Å². The van der Waals surface area contributed by atoms with Crippen LogP contribution in [0.2, 0.25) is 0 Å². The van der Waals surface area contributed by atoms with Gasteiger partial charge in [0.15, 0.2) is 5.69 Å². The Morgan fingerprint density at radius 2 is 1.75 bits per heavy atom. The van der Waals surface area contributed by atoms with Crippen LogP contribution in [0.5, 0.6) is 0 Å². The molecule has 0 fully saturated rings. The van der Waals surface area contributed by atoms with Crippen LogP contribution in [0.15, 0.2) is 60.9 Å². The number of anilines is 1. The fraction of sp³-hybridized carbons (Fsp3) is 0.0500. The molecule has 1 amide bonds. The van der Waals surface area contributed by atoms with Crippen LogP contribution in [-0.2, 0) is 6.18 Å². The van der Waals surface area contributed by atoms with E-state index < -0.39 is 29.2 Å². The molecule has 0 saturated carbocycles. The van der Waals surface area contributed by atoms with E-state index in [0.717, 1.165) is 24.3 Å². The standard InChI is InChI=1S/C20H11F4N3O/c1-25-18-5-2-12(10-17(18)20(22,23)24)15-4-3-13(21)11-16(15)19(28)27-14-6-8-26-9-7-14/h2-11H,(H,26,27,28). The van der Waals surface area contributed by atoms with E-state index in [1.807, 2.05) is 0 Å². The number of nitrogens with zero attached hydrogens (tertiary/aromatic N) is 2. The van der Waals surface area contributed by atoms with Crippen LogP contribution in [0.1, 0.15) is 15.9 Å². The van der Waals surface area contributed by atoms with Crippen molar-refractivity contribution in [3.63, 3.8) is 0 Å². The van der Waals surface area contributed by atoms with Gasteiger partial charge in [-0.2, -0.15) is 13.2 Å². The Morgan fingerprint density at radius 3 is 2.39 bits per heavy atom. The predicted molar refractivity (Wildman–Crippen MR) is 95.3 cm³/mol. The van der Waals surface area contributed by atoms with E-state index in [1.165, 1.54) is 36.7 Å². The maximum absolute atomic E-state index is 13.7. The first-order valence-electron chi connectivity index (χ1n) is 7.89. The molecule has 4 nitrogen and oxygen atoms in total. The maximum Gasteiger partial charge on any atom is 0.407 e. The van der Waals surface area contributed by atoms with Gasteiger partial charge in [-0.25, -0.2) is 9.24 Å². The second kappa shape index (κ2) is 7.48. The van der Waals surface area contributed by atoms with Gasteiger partial charge in [-0.3, -0.25) is 9.78 Å². The molecule has 0 bridgehead atoms. The predicted octanol–water partition coefficient (Wildman–Crippen LogP) is 5.71. The zero-order valence-corrected chi connectivity index (χ0v) is 14.1. The number of carbonyl (C=O) groups is 1. The van der Waals surface area contributed by atoms with E-state index in [2.05, 4.69) is 15.1 Å². The van der Waals surface area contributed by atoms with E-state index in [0.29, 0.717) is 5.69 Å². The average Bonchev–Trinajstić information content (AvgIpc) is 2.67. The number of amides is 1. The molecule has 28 heavy (non-hydrogen) atoms. The summed E-state index contributed by atoms with van der Waals surface area (Å²) in [5, 5.41) is 2.55. The van der Waals surface area contributed by atoms with Crippen molar-refractivity contribution in [1.29, 1.82) is 0 Å². The molecule has 0 atom stereocenters. The first kappa shape index (κ1) is 19.0. The van der Waals surface area contributed by atoms with Gasteiger partial charge in [0, 0.05) is 18.1 Å². The monoisotopic (exact) mass is 385 g/mol. The summed E-state index contributed by atoms with van der Waals surface area (Å²) >= 11 is 0. The second-order valence-electron chi connectivity index (χ2n) is 5.72. The third-order valence-corrected chi connectivity index (χ3v) is 3.90. The SMILES string of the molecule is [C-]#[N+]c1ccc(-c2ccc(F)cc2C(=O)Nc2ccncc2)cc1C(F)(F)F. The van der Waals surface area contributed by atoms with Gasteiger partial charge in [0.1, 0.15) is 5.82 Å². The topological polar surface area (TPSA) is 46.4 Å². The first-order valence-corrected chi connectivity index (χ1v) is 7.89. The van der Waals surface area contributed by atoms with E-state index in [4.69, 9.17) is 6.57 Å². The highest BCUT2D eigenvalue weighted by atomic mass is 19.4. The number of nitrogens with one attached hydrogen (secondary N) is 1. The van der Waals surface area contributed by atoms with E-state index in [-0.39, 0.29) is 16.7 Å². The van der Waals surface area contributed by atoms with Gasteiger partial charge in [-0.05, 0) is 35.4 Å². The third kappa shape index (κ3) is 3.99. The number of aromatic nitrogens is 1. The van der Waals surface area contributed by atoms with Gasteiger partial charge < -0.3 is 5.32 Å². The minimum Gasteiger partial charge on any atom is -0.322 e. The molecule has 0 unspecified atom stereocenters. The Hall–Kier alpha value is -3.73. The van der Waals surface area contributed by atoms with Crippen LogP contribution in [0.25, 0.3) is 16.0 Å². The number of hydrogen-bond donors (Lipinski definition) is 1. The lowest BCUT2D eigenvalue weighted by Crippen LogP contribution is -2.14. The summed E-state index contributed by atoms with van der Waals surface area (Å²) < 4.78 is 53.5. The van der Waals surface area contributed by atoms with Crippen molar-refractivity contribution in [2.45, 2.75) is 6.18 Å². The van der Waals surface area contributed by atoms with Crippen LogP contribution in [0, 0.1) is 12.4 Å². The van der Waals surface area contributed by atoms with Crippen molar-refractivity contribution in [2.75, 3.05) is 5.32 Å². The molecule has 1 N–H and O–H groups in total. The molecular weight excluding hydrogens is 374 g/mol. The zero-order valence-electron chi connectivity index (χ0n) is 14.1. The number of alkyl halides is 3. The molecular formula is C20H11F4N3O. The van der Waals surface area contributed by atoms with E-state index in [9.17, 15) is 22.4 Å². The molecule has 8 heteroatoms. The molecule has 3 rings (SSSR count). The fourth-order valence-electron chi connectivity index (χ4n) is 2.62. The molecule has 2 aromatic carbocycles. The minimum atomic E-state index is -4.74. The lowest BCUT2D eigenvalue weighted by Gasteiger charge is -2.14. The van der Waals surface area contributed by atoms with Crippen molar-refractivity contribution in [1.82, 2.24) is 4.98 Å². The van der Waals surface area contributed by atoms with Gasteiger partial charge in [-0.15, -0.1) is 0 Å². The number of benzene rings is 2. The molecule has 0 radical (unpaired) electrons. The average molecular weight is 385 g/mol. The third-order valence-electron chi connectivity index (χ3n) is 3.90. The Kier molecular flexibility index (Phi) is 5.09. The lowest BCUT2D eigenvalue weighted by molar-refractivity contribution is -0.136. The van der Waals surface area contributed by atoms with Crippen LogP contribution in [0.4, 0.5) is 28.9 Å². The van der Waals surface area contributed by atoms with Gasteiger partial charge in [0.05, 0.1) is 17.7 Å². The largest absolute Gasteiger partial charge is 0.407 e. The number of hydrogen-bond acceptors (Lipinski definition) is 2. The van der Waals surface area contributed by atoms with Gasteiger partial charge in [0.2, 0.25) is 0 Å². The molecule has 0 spiro atoms. The highest BCUT2D eigenvalue weighted by Crippen LogP contribution is 2.39. The van der Waals surface area contributed by atoms with Crippen molar-refractivity contribution in [2.24, 2.45) is 0 Å². The molecule has 0 aliphatic rings. The number of carbonyl (C=O) groups excluding carboxylic acids is 1. The second-order valence-corrected chi connectivity index (χ2v) is 5.72. The molecule has 3 aromatic rings. The smallest absolute Gasteiger partial charge is 0.322 e. The molecule has 0 aliphatic carbocycles. The summed E-state index contributed by atoms with van der Waals surface area (Å²) in [5.41, 5.74) is -1.27. The Bertz CT molecular complexity index is 1070. The first-order chi connectivity index (χ1) is 13.3. The minimum absolute atomic E-state index is 0.0413. The molecule has 1 aromatic heterocycles. The highest BCUT2D eigenvalue weighted by molar-refractivity contribution is 6.08. The molecule has 0 saturated heterocycles. The van der Waals surface area contributed by atoms with Crippen LogP contribution in [0.3, 0.4) is 0 Å². The summed E-state index contributed by atoms with van der Waals surface area (Å²) in [6, 6.07) is 9.36. The zero-order chi connectivity index (χ0) is 20.3. The Morgan fingerprint density at radius 1 is 1.04 bits per heavy atom. The van der Waals surface area contributed by atoms with Crippen molar-refractivity contribution in [3.05, 3.63) is 89.3 Å². The van der Waals surface area contributed by atoms with Crippen LogP contribution in [-0.4, -0.2) is 10.9 Å². The number of halogens is 4. The Labute approximate surface area is 157 Å². The summed E-state index contributed by atoms with van der Waals surface area (Å²) in [7, 11) is 0. The lowest BCUT2D eigenvalue weighted by atomic mass is 9.96. The van der Waals surface area contributed by atoms with Gasteiger partial charge in [0.25, 0.3) is 5.91 Å². The Balaban J connectivity index is 2.09. The molecule has 1 heterocycles. The summed E-state index contributed by atoms with van der Waals surface area (Å²) in [6.07, 6.45) is -1.85. The van der Waals surface area contributed by atoms with E-state index >= 15 is 0 Å². The van der Waals surface area contributed by atoms with Crippen molar-refractivity contribution >= 4 is 17.3 Å². The summed E-state index contributed by atoms with van der Waals surface area (Å²) in [5.74, 6) is -1.40. The van der Waals surface area contributed by atoms with Crippen LogP contribution < -0.4 is 5.32 Å². The normalized spacial score (nSPS) is 11.0. The highest BCUT2D eigenvalue weighted by Gasteiger charge is 2.34. The summed E-state index contributed by atoms with van der Waals surface area (Å²) in [4.78, 5) is 19.3. The van der Waals surface area contributed by atoms with Crippen LogP contribution >= 0.6 is 0 Å².